The highest BCUT2D eigenvalue weighted by Crippen LogP contribution is 2.38. The van der Waals surface area contributed by atoms with Crippen LogP contribution in [0.25, 0.3) is 0 Å². The van der Waals surface area contributed by atoms with Gasteiger partial charge in [-0.1, -0.05) is 30.3 Å². The molecule has 0 aromatic heterocycles. The maximum atomic E-state index is 12.3. The Morgan fingerprint density at radius 2 is 1.97 bits per heavy atom. The van der Waals surface area contributed by atoms with Crippen molar-refractivity contribution in [3.63, 3.8) is 0 Å². The minimum absolute atomic E-state index is 0.115. The van der Waals surface area contributed by atoms with Crippen molar-refractivity contribution in [1.29, 1.82) is 0 Å². The summed E-state index contributed by atoms with van der Waals surface area (Å²) >= 11 is 0. The Labute approximate surface area is 170 Å². The molecule has 1 atom stereocenters. The van der Waals surface area contributed by atoms with Gasteiger partial charge in [-0.05, 0) is 25.5 Å². The van der Waals surface area contributed by atoms with E-state index in [9.17, 15) is 9.59 Å². The van der Waals surface area contributed by atoms with Gasteiger partial charge in [0.2, 0.25) is 5.91 Å². The van der Waals surface area contributed by atoms with E-state index < -0.39 is 0 Å². The number of carbonyl (C=O) groups excluding carboxylic acids is 2. The van der Waals surface area contributed by atoms with Crippen LogP contribution in [0.15, 0.2) is 42.5 Å². The minimum atomic E-state index is -0.309. The second-order valence-corrected chi connectivity index (χ2v) is 6.91. The molecule has 0 radical (unpaired) electrons. The van der Waals surface area contributed by atoms with Crippen molar-refractivity contribution >= 4 is 17.6 Å². The number of benzene rings is 2. The number of fused-ring (bicyclic) bond motifs is 1. The predicted octanol–water partition coefficient (Wildman–Crippen LogP) is 3.24. The van der Waals surface area contributed by atoms with Gasteiger partial charge in [0.25, 0.3) is 0 Å². The molecule has 3 rings (SSSR count). The Bertz CT molecular complexity index is 855. The maximum Gasteiger partial charge on any atom is 0.315 e. The van der Waals surface area contributed by atoms with Crippen LogP contribution in [0.2, 0.25) is 0 Å². The highest BCUT2D eigenvalue weighted by molar-refractivity contribution is 5.93. The summed E-state index contributed by atoms with van der Waals surface area (Å²) in [5.74, 6) is 1.20. The third kappa shape index (κ3) is 5.88. The average molecular weight is 397 g/mol. The SMILES string of the molecule is CCOc1cc2c(cc1NC(=O)CCNC(=O)NCc1ccccc1)OC(C)C2. The number of hydrogen-bond acceptors (Lipinski definition) is 4. The molecule has 0 aliphatic carbocycles. The van der Waals surface area contributed by atoms with Crippen LogP contribution in [0.1, 0.15) is 31.4 Å². The lowest BCUT2D eigenvalue weighted by Gasteiger charge is -2.14. The van der Waals surface area contributed by atoms with E-state index in [1.165, 1.54) is 0 Å². The van der Waals surface area contributed by atoms with E-state index in [4.69, 9.17) is 9.47 Å². The van der Waals surface area contributed by atoms with Crippen LogP contribution < -0.4 is 25.4 Å². The molecular weight excluding hydrogens is 370 g/mol. The molecule has 1 heterocycles. The van der Waals surface area contributed by atoms with Crippen molar-refractivity contribution < 1.29 is 19.1 Å². The Kier molecular flexibility index (Phi) is 6.94. The Morgan fingerprint density at radius 1 is 1.17 bits per heavy atom. The zero-order chi connectivity index (χ0) is 20.6. The molecule has 3 amide bonds. The molecule has 7 heteroatoms. The van der Waals surface area contributed by atoms with Crippen LogP contribution in [0.3, 0.4) is 0 Å². The molecular formula is C22H27N3O4. The molecule has 29 heavy (non-hydrogen) atoms. The number of anilines is 1. The summed E-state index contributed by atoms with van der Waals surface area (Å²) in [4.78, 5) is 24.2. The van der Waals surface area contributed by atoms with Crippen molar-refractivity contribution in [2.75, 3.05) is 18.5 Å². The first-order chi connectivity index (χ1) is 14.0. The molecule has 0 saturated heterocycles. The summed E-state index contributed by atoms with van der Waals surface area (Å²) in [5.41, 5.74) is 2.67. The van der Waals surface area contributed by atoms with E-state index in [0.29, 0.717) is 24.6 Å². The first-order valence-electron chi connectivity index (χ1n) is 9.87. The Morgan fingerprint density at radius 3 is 2.72 bits per heavy atom. The second kappa shape index (κ2) is 9.82. The number of ether oxygens (including phenoxy) is 2. The highest BCUT2D eigenvalue weighted by Gasteiger charge is 2.22. The largest absolute Gasteiger partial charge is 0.492 e. The van der Waals surface area contributed by atoms with Gasteiger partial charge in [0, 0.05) is 37.6 Å². The molecule has 0 fully saturated rings. The molecule has 7 nitrogen and oxygen atoms in total. The van der Waals surface area contributed by atoms with Gasteiger partial charge in [0.1, 0.15) is 17.6 Å². The molecule has 1 aliphatic rings. The van der Waals surface area contributed by atoms with Crippen molar-refractivity contribution in [2.45, 2.75) is 39.3 Å². The van der Waals surface area contributed by atoms with E-state index >= 15 is 0 Å². The maximum absolute atomic E-state index is 12.3. The second-order valence-electron chi connectivity index (χ2n) is 6.91. The molecule has 0 saturated carbocycles. The van der Waals surface area contributed by atoms with Crippen LogP contribution in [-0.2, 0) is 17.8 Å². The fraction of sp³-hybridized carbons (Fsp3) is 0.364. The minimum Gasteiger partial charge on any atom is -0.492 e. The lowest BCUT2D eigenvalue weighted by atomic mass is 10.1. The predicted molar refractivity (Wildman–Crippen MR) is 111 cm³/mol. The number of amides is 3. The Hall–Kier alpha value is -3.22. The molecule has 3 N–H and O–H groups in total. The van der Waals surface area contributed by atoms with Gasteiger partial charge >= 0.3 is 6.03 Å². The van der Waals surface area contributed by atoms with Crippen molar-refractivity contribution in [1.82, 2.24) is 10.6 Å². The standard InChI is InChI=1S/C22H27N3O4/c1-3-28-20-12-17-11-15(2)29-19(17)13-18(20)25-21(26)9-10-23-22(27)24-14-16-7-5-4-6-8-16/h4-8,12-13,15H,3,9-11,14H2,1-2H3,(H,25,26)(H2,23,24,27). The summed E-state index contributed by atoms with van der Waals surface area (Å²) in [6, 6.07) is 13.1. The monoisotopic (exact) mass is 397 g/mol. The van der Waals surface area contributed by atoms with Crippen molar-refractivity contribution in [2.24, 2.45) is 0 Å². The van der Waals surface area contributed by atoms with Gasteiger partial charge in [-0.2, -0.15) is 0 Å². The van der Waals surface area contributed by atoms with Crippen LogP contribution in [0.4, 0.5) is 10.5 Å². The first-order valence-corrected chi connectivity index (χ1v) is 9.87. The smallest absolute Gasteiger partial charge is 0.315 e. The molecule has 154 valence electrons. The molecule has 0 bridgehead atoms. The van der Waals surface area contributed by atoms with Gasteiger partial charge < -0.3 is 25.4 Å². The van der Waals surface area contributed by atoms with E-state index in [1.54, 1.807) is 0 Å². The van der Waals surface area contributed by atoms with Gasteiger partial charge in [0.15, 0.2) is 0 Å². The summed E-state index contributed by atoms with van der Waals surface area (Å²) in [7, 11) is 0. The number of carbonyl (C=O) groups is 2. The fourth-order valence-corrected chi connectivity index (χ4v) is 3.15. The lowest BCUT2D eigenvalue weighted by Crippen LogP contribution is -2.36. The first kappa shape index (κ1) is 20.5. The Balaban J connectivity index is 1.47. The fourth-order valence-electron chi connectivity index (χ4n) is 3.15. The topological polar surface area (TPSA) is 88.7 Å². The summed E-state index contributed by atoms with van der Waals surface area (Å²) in [5, 5.41) is 8.31. The van der Waals surface area contributed by atoms with Crippen LogP contribution in [-0.4, -0.2) is 31.2 Å². The highest BCUT2D eigenvalue weighted by atomic mass is 16.5. The molecule has 1 aliphatic heterocycles. The number of hydrogen-bond donors (Lipinski definition) is 3. The molecule has 2 aromatic carbocycles. The quantitative estimate of drug-likeness (QED) is 0.638. The average Bonchev–Trinajstić information content (AvgIpc) is 3.06. The summed E-state index contributed by atoms with van der Waals surface area (Å²) < 4.78 is 11.4. The van der Waals surface area contributed by atoms with E-state index in [2.05, 4.69) is 16.0 Å². The number of urea groups is 1. The number of rotatable bonds is 8. The lowest BCUT2D eigenvalue weighted by molar-refractivity contribution is -0.116. The van der Waals surface area contributed by atoms with Crippen LogP contribution in [0, 0.1) is 0 Å². The van der Waals surface area contributed by atoms with Crippen molar-refractivity contribution in [3.8, 4) is 11.5 Å². The van der Waals surface area contributed by atoms with Gasteiger partial charge in [0.05, 0.1) is 12.3 Å². The summed E-state index contributed by atoms with van der Waals surface area (Å²) in [6.45, 7) is 5.07. The van der Waals surface area contributed by atoms with Gasteiger partial charge in [-0.15, -0.1) is 0 Å². The van der Waals surface area contributed by atoms with Gasteiger partial charge in [-0.3, -0.25) is 4.79 Å². The van der Waals surface area contributed by atoms with Crippen molar-refractivity contribution in [3.05, 3.63) is 53.6 Å². The molecule has 2 aromatic rings. The number of nitrogens with one attached hydrogen (secondary N) is 3. The normalized spacial score (nSPS) is 14.5. The van der Waals surface area contributed by atoms with E-state index in [0.717, 1.165) is 23.3 Å². The van der Waals surface area contributed by atoms with Gasteiger partial charge in [-0.25, -0.2) is 4.79 Å². The third-order valence-electron chi connectivity index (χ3n) is 4.51. The molecule has 1 unspecified atom stereocenters. The molecule has 0 spiro atoms. The van der Waals surface area contributed by atoms with E-state index in [-0.39, 0.29) is 31.0 Å². The van der Waals surface area contributed by atoms with E-state index in [1.807, 2.05) is 56.3 Å². The van der Waals surface area contributed by atoms with Crippen LogP contribution >= 0.6 is 0 Å². The summed E-state index contributed by atoms with van der Waals surface area (Å²) in [6.07, 6.45) is 1.09. The zero-order valence-electron chi connectivity index (χ0n) is 16.8. The van der Waals surface area contributed by atoms with Crippen LogP contribution in [0.5, 0.6) is 11.5 Å². The zero-order valence-corrected chi connectivity index (χ0v) is 16.8. The third-order valence-corrected chi connectivity index (χ3v) is 4.51.